The van der Waals surface area contributed by atoms with E-state index in [1.807, 2.05) is 0 Å². The van der Waals surface area contributed by atoms with E-state index in [0.29, 0.717) is 0 Å². The maximum atomic E-state index is 4.24. The third-order valence-corrected chi connectivity index (χ3v) is 4.21. The van der Waals surface area contributed by atoms with Crippen molar-refractivity contribution in [2.75, 3.05) is 18.8 Å². The van der Waals surface area contributed by atoms with E-state index in [4.69, 9.17) is 0 Å². The summed E-state index contributed by atoms with van der Waals surface area (Å²) < 4.78 is 0. The molecule has 0 saturated carbocycles. The molecule has 0 saturated heterocycles. The zero-order valence-electron chi connectivity index (χ0n) is 11.6. The zero-order chi connectivity index (χ0) is 13.0. The molecule has 0 bridgehead atoms. The second-order valence-electron chi connectivity index (χ2n) is 5.97. The molecule has 1 aliphatic rings. The molecule has 0 fully saturated rings. The lowest BCUT2D eigenvalue weighted by Gasteiger charge is -2.28. The maximum absolute atomic E-state index is 4.24. The first-order chi connectivity index (χ1) is 8.63. The van der Waals surface area contributed by atoms with Gasteiger partial charge in [0.05, 0.1) is 0 Å². The molecule has 0 aromatic heterocycles. The smallest absolute Gasteiger partial charge is 0.00435 e. The van der Waals surface area contributed by atoms with Gasteiger partial charge in [-0.15, -0.1) is 0 Å². The van der Waals surface area contributed by atoms with Crippen LogP contribution in [0.1, 0.15) is 43.4 Å². The van der Waals surface area contributed by atoms with Crippen LogP contribution in [0.3, 0.4) is 0 Å². The zero-order valence-corrected chi connectivity index (χ0v) is 12.5. The average molecular weight is 263 g/mol. The van der Waals surface area contributed by atoms with Gasteiger partial charge in [-0.3, -0.25) is 0 Å². The van der Waals surface area contributed by atoms with Crippen LogP contribution in [0, 0.1) is 0 Å². The number of rotatable bonds is 5. The highest BCUT2D eigenvalue weighted by Gasteiger charge is 2.21. The number of aryl methyl sites for hydroxylation is 2. The van der Waals surface area contributed by atoms with Crippen LogP contribution in [0.15, 0.2) is 18.2 Å². The van der Waals surface area contributed by atoms with Crippen molar-refractivity contribution in [1.82, 2.24) is 5.32 Å². The molecule has 2 heteroatoms. The van der Waals surface area contributed by atoms with Crippen LogP contribution in [-0.2, 0) is 18.3 Å². The minimum atomic E-state index is 0.204. The molecule has 1 N–H and O–H groups in total. The summed E-state index contributed by atoms with van der Waals surface area (Å²) >= 11 is 4.24. The van der Waals surface area contributed by atoms with Crippen molar-refractivity contribution in [3.63, 3.8) is 0 Å². The fourth-order valence-electron chi connectivity index (χ4n) is 2.74. The molecule has 0 aliphatic heterocycles. The summed E-state index contributed by atoms with van der Waals surface area (Å²) in [6.07, 6.45) is 5.26. The lowest BCUT2D eigenvalue weighted by molar-refractivity contribution is 0.477. The molecule has 0 heterocycles. The van der Waals surface area contributed by atoms with Crippen molar-refractivity contribution >= 4 is 12.6 Å². The van der Waals surface area contributed by atoms with Crippen LogP contribution >= 0.6 is 12.6 Å². The van der Waals surface area contributed by atoms with Gasteiger partial charge in [-0.2, -0.15) is 12.6 Å². The summed E-state index contributed by atoms with van der Waals surface area (Å²) in [5.74, 6) is 0.903. The molecule has 0 radical (unpaired) electrons. The van der Waals surface area contributed by atoms with E-state index < -0.39 is 0 Å². The molecular weight excluding hydrogens is 238 g/mol. The van der Waals surface area contributed by atoms with Crippen LogP contribution in [0.2, 0.25) is 0 Å². The molecular formula is C16H25NS. The van der Waals surface area contributed by atoms with Gasteiger partial charge >= 0.3 is 0 Å². The van der Waals surface area contributed by atoms with Gasteiger partial charge in [-0.25, -0.2) is 0 Å². The van der Waals surface area contributed by atoms with Crippen LogP contribution in [0.5, 0.6) is 0 Å². The van der Waals surface area contributed by atoms with Crippen molar-refractivity contribution < 1.29 is 0 Å². The fourth-order valence-corrected chi connectivity index (χ4v) is 2.89. The first-order valence-electron chi connectivity index (χ1n) is 7.07. The average Bonchev–Trinajstić information content (AvgIpc) is 2.38. The van der Waals surface area contributed by atoms with Gasteiger partial charge in [0.2, 0.25) is 0 Å². The van der Waals surface area contributed by atoms with E-state index in [1.54, 1.807) is 11.1 Å². The van der Waals surface area contributed by atoms with Gasteiger partial charge in [-0.05, 0) is 42.4 Å². The highest BCUT2D eigenvalue weighted by molar-refractivity contribution is 7.80. The molecule has 1 aromatic carbocycles. The molecule has 100 valence electrons. The van der Waals surface area contributed by atoms with Crippen LogP contribution in [-0.4, -0.2) is 18.8 Å². The molecule has 2 rings (SSSR count). The summed E-state index contributed by atoms with van der Waals surface area (Å²) in [7, 11) is 0. The topological polar surface area (TPSA) is 12.0 Å². The molecule has 18 heavy (non-hydrogen) atoms. The molecule has 1 aliphatic carbocycles. The first-order valence-corrected chi connectivity index (χ1v) is 7.70. The summed E-state index contributed by atoms with van der Waals surface area (Å²) in [6, 6.07) is 7.12. The van der Waals surface area contributed by atoms with E-state index in [-0.39, 0.29) is 5.41 Å². The molecule has 1 aromatic rings. The predicted octanol–water partition coefficient (Wildman–Crippen LogP) is 3.36. The van der Waals surface area contributed by atoms with Gasteiger partial charge in [-0.1, -0.05) is 32.0 Å². The lowest BCUT2D eigenvalue weighted by atomic mass is 9.81. The second-order valence-corrected chi connectivity index (χ2v) is 6.42. The molecule has 0 amide bonds. The minimum Gasteiger partial charge on any atom is -0.315 e. The van der Waals surface area contributed by atoms with Gasteiger partial charge in [0.15, 0.2) is 0 Å². The number of nitrogens with one attached hydrogen (secondary N) is 1. The lowest BCUT2D eigenvalue weighted by Crippen LogP contribution is -2.34. The van der Waals surface area contributed by atoms with Crippen LogP contribution in [0.25, 0.3) is 0 Å². The Morgan fingerprint density at radius 1 is 1.17 bits per heavy atom. The third kappa shape index (κ3) is 3.30. The number of fused-ring (bicyclic) bond motifs is 1. The Balaban J connectivity index is 2.11. The van der Waals surface area contributed by atoms with Crippen molar-refractivity contribution in [2.24, 2.45) is 0 Å². The monoisotopic (exact) mass is 263 g/mol. The molecule has 0 atom stereocenters. The summed E-state index contributed by atoms with van der Waals surface area (Å²) in [5.41, 5.74) is 4.83. The minimum absolute atomic E-state index is 0.204. The number of hydrogen-bond donors (Lipinski definition) is 2. The normalized spacial score (nSPS) is 15.5. The predicted molar refractivity (Wildman–Crippen MR) is 82.8 cm³/mol. The summed E-state index contributed by atoms with van der Waals surface area (Å²) in [5, 5.41) is 3.48. The Kier molecular flexibility index (Phi) is 4.74. The summed E-state index contributed by atoms with van der Waals surface area (Å²) in [6.45, 7) is 6.65. The Bertz CT molecular complexity index is 398. The quantitative estimate of drug-likeness (QED) is 0.613. The maximum Gasteiger partial charge on any atom is 0.00435 e. The van der Waals surface area contributed by atoms with Crippen molar-refractivity contribution in [3.8, 4) is 0 Å². The molecule has 0 spiro atoms. The number of thiol groups is 1. The van der Waals surface area contributed by atoms with Gasteiger partial charge in [0.25, 0.3) is 0 Å². The van der Waals surface area contributed by atoms with Crippen LogP contribution < -0.4 is 5.32 Å². The summed E-state index contributed by atoms with van der Waals surface area (Å²) in [4.78, 5) is 0. The Hall–Kier alpha value is -0.470. The number of hydrogen-bond acceptors (Lipinski definition) is 2. The van der Waals surface area contributed by atoms with Crippen molar-refractivity contribution in [3.05, 3.63) is 34.9 Å². The van der Waals surface area contributed by atoms with E-state index in [1.165, 1.54) is 31.2 Å². The second kappa shape index (κ2) is 6.12. The van der Waals surface area contributed by atoms with Gasteiger partial charge in [0.1, 0.15) is 0 Å². The largest absolute Gasteiger partial charge is 0.315 e. The van der Waals surface area contributed by atoms with E-state index in [9.17, 15) is 0 Å². The van der Waals surface area contributed by atoms with E-state index in [2.05, 4.69) is 50.0 Å². The highest BCUT2D eigenvalue weighted by atomic mass is 32.1. The highest BCUT2D eigenvalue weighted by Crippen LogP contribution is 2.28. The fraction of sp³-hybridized carbons (Fsp3) is 0.625. The Labute approximate surface area is 117 Å². The molecule has 0 unspecified atom stereocenters. The SMILES string of the molecule is CC(C)(CNCCS)c1ccc2c(c1)CCCC2. The Morgan fingerprint density at radius 2 is 1.89 bits per heavy atom. The Morgan fingerprint density at radius 3 is 2.61 bits per heavy atom. The van der Waals surface area contributed by atoms with Crippen LogP contribution in [0.4, 0.5) is 0 Å². The van der Waals surface area contributed by atoms with Crippen molar-refractivity contribution in [1.29, 1.82) is 0 Å². The van der Waals surface area contributed by atoms with E-state index >= 15 is 0 Å². The van der Waals surface area contributed by atoms with E-state index in [0.717, 1.165) is 18.8 Å². The molecule has 1 nitrogen and oxygen atoms in total. The third-order valence-electron chi connectivity index (χ3n) is 3.99. The number of benzene rings is 1. The van der Waals surface area contributed by atoms with Crippen molar-refractivity contribution in [2.45, 2.75) is 44.9 Å². The van der Waals surface area contributed by atoms with Gasteiger partial charge < -0.3 is 5.32 Å². The standard InChI is InChI=1S/C16H25NS/c1-16(2,12-17-9-10-18)15-8-7-13-5-3-4-6-14(13)11-15/h7-8,11,17-18H,3-6,9-10,12H2,1-2H3. The first kappa shape index (κ1) is 14.0. The van der Waals surface area contributed by atoms with Gasteiger partial charge in [0, 0.05) is 24.3 Å².